The van der Waals surface area contributed by atoms with Crippen LogP contribution in [0.25, 0.3) is 5.69 Å². The predicted octanol–water partition coefficient (Wildman–Crippen LogP) is 3.99. The maximum atomic E-state index is 13.1. The summed E-state index contributed by atoms with van der Waals surface area (Å²) >= 11 is 0. The maximum Gasteiger partial charge on any atom is 0.255 e. The van der Waals surface area contributed by atoms with Crippen molar-refractivity contribution in [3.8, 4) is 11.4 Å². The van der Waals surface area contributed by atoms with Gasteiger partial charge in [0.2, 0.25) is 0 Å². The molecule has 0 radical (unpaired) electrons. The molecule has 5 nitrogen and oxygen atoms in total. The number of likely N-dealkylation sites (tertiary alicyclic amines) is 1. The molecule has 2 heterocycles. The van der Waals surface area contributed by atoms with Gasteiger partial charge in [0.25, 0.3) is 5.91 Å². The molecule has 1 aromatic carbocycles. The lowest BCUT2D eigenvalue weighted by molar-refractivity contribution is 0.0689. The maximum absolute atomic E-state index is 13.1. The van der Waals surface area contributed by atoms with Gasteiger partial charge in [-0.3, -0.25) is 4.79 Å². The molecule has 1 amide bonds. The zero-order chi connectivity index (χ0) is 19.4. The fraction of sp³-hybridized carbons (Fsp3) is 0.500. The first-order valence-corrected chi connectivity index (χ1v) is 9.88. The number of nitrogens with zero attached hydrogens (tertiary/aromatic N) is 2. The molecule has 1 aliphatic rings. The second kappa shape index (κ2) is 9.99. The van der Waals surface area contributed by atoms with E-state index < -0.39 is 0 Å². The molecule has 28 heavy (non-hydrogen) atoms. The fourth-order valence-electron chi connectivity index (χ4n) is 3.97. The van der Waals surface area contributed by atoms with Crippen molar-refractivity contribution >= 4 is 18.3 Å². The Kier molecular flexibility index (Phi) is 7.96. The molecular weight excluding hydrogens is 374 g/mol. The summed E-state index contributed by atoms with van der Waals surface area (Å²) in [6.45, 7) is 9.99. The monoisotopic (exact) mass is 405 g/mol. The number of benzene rings is 1. The fourth-order valence-corrected chi connectivity index (χ4v) is 3.97. The van der Waals surface area contributed by atoms with E-state index in [4.69, 9.17) is 4.74 Å². The van der Waals surface area contributed by atoms with E-state index in [-0.39, 0.29) is 18.3 Å². The number of aryl methyl sites for hydroxylation is 1. The van der Waals surface area contributed by atoms with Crippen LogP contribution in [0.15, 0.2) is 30.3 Å². The van der Waals surface area contributed by atoms with Crippen LogP contribution in [-0.2, 0) is 0 Å². The van der Waals surface area contributed by atoms with Crippen LogP contribution in [-0.4, -0.2) is 48.7 Å². The number of rotatable bonds is 6. The number of methoxy groups -OCH3 is 1. The van der Waals surface area contributed by atoms with E-state index in [0.717, 1.165) is 67.4 Å². The van der Waals surface area contributed by atoms with Gasteiger partial charge in [-0.15, -0.1) is 12.4 Å². The van der Waals surface area contributed by atoms with Crippen LogP contribution >= 0.6 is 12.4 Å². The Bertz CT molecular complexity index is 778. The number of amides is 1. The molecule has 1 aliphatic heterocycles. The molecule has 0 aliphatic carbocycles. The first-order chi connectivity index (χ1) is 13.0. The Labute approximate surface area is 174 Å². The van der Waals surface area contributed by atoms with E-state index >= 15 is 0 Å². The van der Waals surface area contributed by atoms with Crippen LogP contribution in [0.2, 0.25) is 0 Å². The molecule has 1 aromatic heterocycles. The van der Waals surface area contributed by atoms with Crippen LogP contribution < -0.4 is 10.1 Å². The van der Waals surface area contributed by atoms with Crippen LogP contribution in [0.1, 0.15) is 41.5 Å². The van der Waals surface area contributed by atoms with Gasteiger partial charge in [0, 0.05) is 30.2 Å². The zero-order valence-corrected chi connectivity index (χ0v) is 18.1. The Hall–Kier alpha value is -1.98. The van der Waals surface area contributed by atoms with Gasteiger partial charge in [-0.05, 0) is 76.0 Å². The number of carbonyl (C=O) groups is 1. The molecule has 0 atom stereocenters. The van der Waals surface area contributed by atoms with E-state index in [1.54, 1.807) is 7.11 Å². The molecule has 0 unspecified atom stereocenters. The van der Waals surface area contributed by atoms with Gasteiger partial charge < -0.3 is 19.5 Å². The van der Waals surface area contributed by atoms with Gasteiger partial charge in [-0.2, -0.15) is 0 Å². The Morgan fingerprint density at radius 1 is 1.18 bits per heavy atom. The zero-order valence-electron chi connectivity index (χ0n) is 17.3. The third-order valence-corrected chi connectivity index (χ3v) is 5.58. The molecule has 1 N–H and O–H groups in total. The van der Waals surface area contributed by atoms with E-state index in [9.17, 15) is 4.79 Å². The van der Waals surface area contributed by atoms with Crippen LogP contribution in [0.5, 0.6) is 5.75 Å². The average Bonchev–Trinajstić information content (AvgIpc) is 3.00. The number of nitrogens with one attached hydrogen (secondary N) is 1. The van der Waals surface area contributed by atoms with E-state index in [1.807, 2.05) is 42.2 Å². The summed E-state index contributed by atoms with van der Waals surface area (Å²) in [6.07, 6.45) is 2.16. The molecule has 0 saturated carbocycles. The Morgan fingerprint density at radius 2 is 1.82 bits per heavy atom. The number of hydrogen-bond donors (Lipinski definition) is 1. The molecular formula is C22H32ClN3O2. The minimum atomic E-state index is 0. The summed E-state index contributed by atoms with van der Waals surface area (Å²) in [5, 5.41) is 3.42. The Balaban J connectivity index is 0.00000280. The number of aromatic nitrogens is 1. The molecule has 154 valence electrons. The molecule has 0 spiro atoms. The smallest absolute Gasteiger partial charge is 0.255 e. The number of halogens is 1. The summed E-state index contributed by atoms with van der Waals surface area (Å²) in [5.41, 5.74) is 3.93. The van der Waals surface area contributed by atoms with Crippen LogP contribution in [0.4, 0.5) is 0 Å². The van der Waals surface area contributed by atoms with Crippen molar-refractivity contribution in [1.29, 1.82) is 0 Å². The Morgan fingerprint density at radius 3 is 2.39 bits per heavy atom. The summed E-state index contributed by atoms with van der Waals surface area (Å²) < 4.78 is 7.39. The second-order valence-corrected chi connectivity index (χ2v) is 7.36. The minimum absolute atomic E-state index is 0. The van der Waals surface area contributed by atoms with Crippen molar-refractivity contribution in [3.05, 3.63) is 47.3 Å². The highest BCUT2D eigenvalue weighted by molar-refractivity contribution is 5.96. The largest absolute Gasteiger partial charge is 0.497 e. The number of ether oxygens (including phenoxy) is 1. The van der Waals surface area contributed by atoms with Gasteiger partial charge in [0.05, 0.1) is 12.7 Å². The summed E-state index contributed by atoms with van der Waals surface area (Å²) in [6, 6.07) is 9.97. The van der Waals surface area contributed by atoms with Gasteiger partial charge in [-0.1, -0.05) is 6.92 Å². The SMILES string of the molecule is CCNCC1CCN(C(=O)c2cc(C)n(-c3ccc(OC)cc3)c2C)CC1.Cl. The molecule has 3 rings (SSSR count). The van der Waals surface area contributed by atoms with Crippen molar-refractivity contribution in [2.45, 2.75) is 33.6 Å². The lowest BCUT2D eigenvalue weighted by Gasteiger charge is -2.32. The third-order valence-electron chi connectivity index (χ3n) is 5.58. The van der Waals surface area contributed by atoms with Crippen LogP contribution in [0, 0.1) is 19.8 Å². The van der Waals surface area contributed by atoms with E-state index in [0.29, 0.717) is 5.92 Å². The second-order valence-electron chi connectivity index (χ2n) is 7.36. The summed E-state index contributed by atoms with van der Waals surface area (Å²) in [4.78, 5) is 15.1. The quantitative estimate of drug-likeness (QED) is 0.790. The number of carbonyl (C=O) groups excluding carboxylic acids is 1. The highest BCUT2D eigenvalue weighted by Gasteiger charge is 2.26. The minimum Gasteiger partial charge on any atom is -0.497 e. The molecule has 6 heteroatoms. The first kappa shape index (κ1) is 22.3. The van der Waals surface area contributed by atoms with Crippen LogP contribution in [0.3, 0.4) is 0 Å². The van der Waals surface area contributed by atoms with Crippen molar-refractivity contribution in [3.63, 3.8) is 0 Å². The normalized spacial score (nSPS) is 14.6. The van der Waals surface area contributed by atoms with Gasteiger partial charge in [-0.25, -0.2) is 0 Å². The van der Waals surface area contributed by atoms with Gasteiger partial charge in [0.1, 0.15) is 5.75 Å². The van der Waals surface area contributed by atoms with Crippen molar-refractivity contribution in [1.82, 2.24) is 14.8 Å². The lowest BCUT2D eigenvalue weighted by Crippen LogP contribution is -2.40. The number of hydrogen-bond acceptors (Lipinski definition) is 3. The number of piperidine rings is 1. The summed E-state index contributed by atoms with van der Waals surface area (Å²) in [7, 11) is 1.67. The van der Waals surface area contributed by atoms with Crippen molar-refractivity contribution < 1.29 is 9.53 Å². The molecule has 1 fully saturated rings. The van der Waals surface area contributed by atoms with E-state index in [1.165, 1.54) is 0 Å². The predicted molar refractivity (Wildman–Crippen MR) is 116 cm³/mol. The molecule has 0 bridgehead atoms. The third kappa shape index (κ3) is 4.70. The van der Waals surface area contributed by atoms with Gasteiger partial charge >= 0.3 is 0 Å². The standard InChI is InChI=1S/C22H31N3O2.ClH/c1-5-23-15-18-10-12-24(13-11-18)22(26)21-14-16(2)25(17(21)3)19-6-8-20(27-4)9-7-19;/h6-9,14,18,23H,5,10-13,15H2,1-4H3;1H. The van der Waals surface area contributed by atoms with E-state index in [2.05, 4.69) is 23.7 Å². The lowest BCUT2D eigenvalue weighted by atomic mass is 9.96. The topological polar surface area (TPSA) is 46.5 Å². The van der Waals surface area contributed by atoms with Crippen molar-refractivity contribution in [2.24, 2.45) is 5.92 Å². The van der Waals surface area contributed by atoms with Crippen molar-refractivity contribution in [2.75, 3.05) is 33.3 Å². The van der Waals surface area contributed by atoms with Gasteiger partial charge in [0.15, 0.2) is 0 Å². The summed E-state index contributed by atoms with van der Waals surface area (Å²) in [5.74, 6) is 1.67. The highest BCUT2D eigenvalue weighted by atomic mass is 35.5. The molecule has 2 aromatic rings. The highest BCUT2D eigenvalue weighted by Crippen LogP contribution is 2.25. The first-order valence-electron chi connectivity index (χ1n) is 9.88. The molecule has 1 saturated heterocycles. The average molecular weight is 406 g/mol.